The number of hydrogen-bond acceptors (Lipinski definition) is 8. The zero-order chi connectivity index (χ0) is 23.9. The van der Waals surface area contributed by atoms with Gasteiger partial charge in [0.25, 0.3) is 11.6 Å². The molecular formula is C19H21N7O7. The lowest BCUT2D eigenvalue weighted by Gasteiger charge is -2.33. The molecule has 0 bridgehead atoms. The first kappa shape index (κ1) is 22.0. The summed E-state index contributed by atoms with van der Waals surface area (Å²) < 4.78 is 0.618. The number of nitro groups is 1. The number of likely N-dealkylation sites (N-methyl/N-ethyl adjacent to an activating group) is 1. The van der Waals surface area contributed by atoms with Gasteiger partial charge in [0.05, 0.1) is 23.7 Å². The van der Waals surface area contributed by atoms with Crippen LogP contribution in [0.2, 0.25) is 0 Å². The maximum Gasteiger partial charge on any atom is 0.432 e. The molecule has 1 saturated heterocycles. The molecule has 1 aromatic carbocycles. The van der Waals surface area contributed by atoms with Gasteiger partial charge in [0.2, 0.25) is 0 Å². The smallest absolute Gasteiger partial charge is 0.432 e. The van der Waals surface area contributed by atoms with Crippen molar-refractivity contribution < 1.29 is 29.5 Å². The van der Waals surface area contributed by atoms with Gasteiger partial charge in [0.1, 0.15) is 5.69 Å². The van der Waals surface area contributed by atoms with E-state index in [1.165, 1.54) is 18.2 Å². The van der Waals surface area contributed by atoms with Gasteiger partial charge in [-0.1, -0.05) is 0 Å². The van der Waals surface area contributed by atoms with Crippen molar-refractivity contribution in [3.63, 3.8) is 0 Å². The largest absolute Gasteiger partial charge is 0.465 e. The molecule has 2 aromatic rings. The van der Waals surface area contributed by atoms with Crippen LogP contribution in [0.25, 0.3) is 0 Å². The highest BCUT2D eigenvalue weighted by Crippen LogP contribution is 2.32. The number of carbonyl (C=O) groups excluding carboxylic acids is 1. The summed E-state index contributed by atoms with van der Waals surface area (Å²) in [4.78, 5) is 51.7. The molecule has 1 aromatic heterocycles. The van der Waals surface area contributed by atoms with E-state index in [0.29, 0.717) is 23.5 Å². The standard InChI is InChI=1S/C19H21N7O7/c1-22-4-6-23(7-5-22)13-3-2-11(8-14(13)26(32)33)17(27)20-16-12-9-24(18(28)29)10-15(12)25(21-16)19(30)31/h2-3,8H,4-7,9-10H2,1H3,(H,28,29)(H,30,31)(H,20,21,27). The molecule has 2 aliphatic rings. The van der Waals surface area contributed by atoms with E-state index in [4.69, 9.17) is 0 Å². The van der Waals surface area contributed by atoms with Gasteiger partial charge < -0.3 is 25.3 Å². The van der Waals surface area contributed by atoms with Crippen LogP contribution >= 0.6 is 0 Å². The van der Waals surface area contributed by atoms with E-state index in [1.807, 2.05) is 11.9 Å². The fraction of sp³-hybridized carbons (Fsp3) is 0.368. The van der Waals surface area contributed by atoms with Crippen molar-refractivity contribution in [3.05, 3.63) is 45.1 Å². The number of hydrogen-bond donors (Lipinski definition) is 3. The lowest BCUT2D eigenvalue weighted by atomic mass is 10.1. The number of carboxylic acid groups (broad SMARTS) is 2. The molecular weight excluding hydrogens is 438 g/mol. The minimum absolute atomic E-state index is 0.00806. The minimum atomic E-state index is -1.42. The Balaban J connectivity index is 1.60. The zero-order valence-corrected chi connectivity index (χ0v) is 17.6. The number of piperazine rings is 1. The van der Waals surface area contributed by atoms with Gasteiger partial charge in [-0.05, 0) is 19.2 Å². The number of fused-ring (bicyclic) bond motifs is 1. The van der Waals surface area contributed by atoms with Gasteiger partial charge >= 0.3 is 12.2 Å². The number of benzene rings is 1. The molecule has 2 aliphatic heterocycles. The van der Waals surface area contributed by atoms with Crippen molar-refractivity contribution in [1.82, 2.24) is 19.6 Å². The number of nitro benzene ring substituents is 1. The Bertz CT molecular complexity index is 1150. The van der Waals surface area contributed by atoms with E-state index in [1.54, 1.807) is 0 Å². The van der Waals surface area contributed by atoms with Gasteiger partial charge in [0, 0.05) is 43.4 Å². The lowest BCUT2D eigenvalue weighted by molar-refractivity contribution is -0.384. The molecule has 0 radical (unpaired) electrons. The Labute approximate surface area is 186 Å². The summed E-state index contributed by atoms with van der Waals surface area (Å²) in [5.41, 5.74) is 0.586. The Morgan fingerprint density at radius 2 is 1.79 bits per heavy atom. The highest BCUT2D eigenvalue weighted by Gasteiger charge is 2.33. The van der Waals surface area contributed by atoms with Crippen molar-refractivity contribution in [2.24, 2.45) is 0 Å². The second-order valence-corrected chi connectivity index (χ2v) is 7.81. The summed E-state index contributed by atoms with van der Waals surface area (Å²) in [6.07, 6.45) is -2.67. The molecule has 174 valence electrons. The van der Waals surface area contributed by atoms with Crippen LogP contribution in [0.1, 0.15) is 21.6 Å². The monoisotopic (exact) mass is 459 g/mol. The third kappa shape index (κ3) is 4.15. The Morgan fingerprint density at radius 3 is 2.39 bits per heavy atom. The Hall–Kier alpha value is -4.20. The van der Waals surface area contributed by atoms with Crippen molar-refractivity contribution in [2.75, 3.05) is 43.4 Å². The zero-order valence-electron chi connectivity index (χ0n) is 17.6. The third-order valence-corrected chi connectivity index (χ3v) is 5.74. The fourth-order valence-corrected chi connectivity index (χ4v) is 3.94. The Kier molecular flexibility index (Phi) is 5.59. The average Bonchev–Trinajstić information content (AvgIpc) is 3.34. The number of nitrogens with one attached hydrogen (secondary N) is 1. The second kappa shape index (κ2) is 8.38. The maximum absolute atomic E-state index is 12.8. The number of aromatic nitrogens is 2. The molecule has 0 atom stereocenters. The number of rotatable bonds is 4. The summed E-state index contributed by atoms with van der Waals surface area (Å²) in [7, 11) is 1.97. The van der Waals surface area contributed by atoms with Gasteiger partial charge in [-0.25, -0.2) is 9.59 Å². The van der Waals surface area contributed by atoms with E-state index in [2.05, 4.69) is 15.3 Å². The highest BCUT2D eigenvalue weighted by molar-refractivity contribution is 6.05. The van der Waals surface area contributed by atoms with Crippen LogP contribution in [0.4, 0.5) is 26.8 Å². The number of amides is 2. The summed E-state index contributed by atoms with van der Waals surface area (Å²) >= 11 is 0. The quantitative estimate of drug-likeness (QED) is 0.447. The predicted molar refractivity (Wildman–Crippen MR) is 114 cm³/mol. The van der Waals surface area contributed by atoms with Gasteiger partial charge in [-0.2, -0.15) is 4.68 Å². The number of anilines is 2. The molecule has 4 rings (SSSR count). The molecule has 0 spiro atoms. The van der Waals surface area contributed by atoms with E-state index in [9.17, 15) is 34.7 Å². The first-order valence-electron chi connectivity index (χ1n) is 10.0. The van der Waals surface area contributed by atoms with Crippen LogP contribution in [0.5, 0.6) is 0 Å². The average molecular weight is 459 g/mol. The number of carbonyl (C=O) groups is 3. The molecule has 0 unspecified atom stereocenters. The fourth-order valence-electron chi connectivity index (χ4n) is 3.94. The van der Waals surface area contributed by atoms with Crippen molar-refractivity contribution in [3.8, 4) is 0 Å². The minimum Gasteiger partial charge on any atom is -0.465 e. The topological polar surface area (TPSA) is 174 Å². The first-order chi connectivity index (χ1) is 15.7. The molecule has 0 aliphatic carbocycles. The van der Waals surface area contributed by atoms with Gasteiger partial charge in [0.15, 0.2) is 5.82 Å². The van der Waals surface area contributed by atoms with Gasteiger partial charge in [-0.15, -0.1) is 5.10 Å². The van der Waals surface area contributed by atoms with Crippen LogP contribution < -0.4 is 10.2 Å². The Morgan fingerprint density at radius 1 is 1.09 bits per heavy atom. The van der Waals surface area contributed by atoms with Crippen LogP contribution in [0.3, 0.4) is 0 Å². The van der Waals surface area contributed by atoms with E-state index >= 15 is 0 Å². The van der Waals surface area contributed by atoms with Crippen molar-refractivity contribution in [2.45, 2.75) is 13.1 Å². The maximum atomic E-state index is 12.8. The molecule has 2 amide bonds. The van der Waals surface area contributed by atoms with E-state index in [-0.39, 0.29) is 41.4 Å². The lowest BCUT2D eigenvalue weighted by Crippen LogP contribution is -2.44. The molecule has 3 N–H and O–H groups in total. The SMILES string of the molecule is CN1CCN(c2ccc(C(=O)Nc3nn(C(=O)O)c4c3CN(C(=O)O)C4)cc2[N+](=O)[O-])CC1. The molecule has 14 nitrogen and oxygen atoms in total. The second-order valence-electron chi connectivity index (χ2n) is 7.81. The van der Waals surface area contributed by atoms with Crippen molar-refractivity contribution in [1.29, 1.82) is 0 Å². The van der Waals surface area contributed by atoms with E-state index < -0.39 is 23.0 Å². The van der Waals surface area contributed by atoms with Crippen LogP contribution in [-0.4, -0.2) is 86.0 Å². The highest BCUT2D eigenvalue weighted by atomic mass is 16.6. The van der Waals surface area contributed by atoms with Crippen LogP contribution in [0, 0.1) is 10.1 Å². The van der Waals surface area contributed by atoms with Crippen molar-refractivity contribution >= 4 is 35.3 Å². The molecule has 14 heteroatoms. The van der Waals surface area contributed by atoms with Crippen LogP contribution in [-0.2, 0) is 13.1 Å². The van der Waals surface area contributed by atoms with Gasteiger partial charge in [-0.3, -0.25) is 19.8 Å². The first-order valence-corrected chi connectivity index (χ1v) is 10.0. The molecule has 1 fully saturated rings. The van der Waals surface area contributed by atoms with E-state index in [0.717, 1.165) is 18.0 Å². The molecule has 0 saturated carbocycles. The molecule has 3 heterocycles. The van der Waals surface area contributed by atoms with Crippen LogP contribution in [0.15, 0.2) is 18.2 Å². The number of nitrogens with zero attached hydrogens (tertiary/aromatic N) is 6. The summed E-state index contributed by atoms with van der Waals surface area (Å²) in [6, 6.07) is 4.14. The summed E-state index contributed by atoms with van der Waals surface area (Å²) in [5.74, 6) is -0.832. The predicted octanol–water partition coefficient (Wildman–Crippen LogP) is 1.32. The summed E-state index contributed by atoms with van der Waals surface area (Å²) in [5, 5.41) is 36.6. The third-order valence-electron chi connectivity index (χ3n) is 5.74. The normalized spacial score (nSPS) is 15.9. The molecule has 33 heavy (non-hydrogen) atoms. The summed E-state index contributed by atoms with van der Waals surface area (Å²) in [6.45, 7) is 2.40.